The van der Waals surface area contributed by atoms with Gasteiger partial charge in [0, 0.05) is 10.0 Å². The SMILES string of the molecule is [NH-]C(=O)c1ccccc1Br.[O]=[Pd]. The maximum absolute atomic E-state index is 10.5. The van der Waals surface area contributed by atoms with Gasteiger partial charge in [0.1, 0.15) is 0 Å². The fourth-order valence-corrected chi connectivity index (χ4v) is 1.11. The second kappa shape index (κ2) is 6.18. The molecule has 0 aliphatic heterocycles. The average Bonchev–Trinajstić information content (AvgIpc) is 2.08. The molecule has 68 valence electrons. The fourth-order valence-electron chi connectivity index (χ4n) is 0.645. The Morgan fingerprint density at radius 3 is 2.17 bits per heavy atom. The molecule has 0 bridgehead atoms. The second-order valence-corrected chi connectivity index (χ2v) is 2.66. The first kappa shape index (κ1) is 11.6. The van der Waals surface area contributed by atoms with Crippen molar-refractivity contribution >= 4 is 21.8 Å². The summed E-state index contributed by atoms with van der Waals surface area (Å²) in [6, 6.07) is 6.88. The van der Waals surface area contributed by atoms with Crippen molar-refractivity contribution in [2.45, 2.75) is 0 Å². The van der Waals surface area contributed by atoms with Crippen molar-refractivity contribution in [3.8, 4) is 0 Å². The quantitative estimate of drug-likeness (QED) is 0.746. The van der Waals surface area contributed by atoms with Crippen molar-refractivity contribution in [1.82, 2.24) is 0 Å². The van der Waals surface area contributed by atoms with Gasteiger partial charge in [-0.1, -0.05) is 34.1 Å². The molecular weight excluding hydrogens is 316 g/mol. The zero-order valence-corrected chi connectivity index (χ0v) is 8.96. The molecule has 1 rings (SSSR count). The molecule has 0 spiro atoms. The molecule has 5 heteroatoms. The number of amides is 1. The van der Waals surface area contributed by atoms with Crippen molar-refractivity contribution < 1.29 is 27.4 Å². The van der Waals surface area contributed by atoms with Crippen LogP contribution >= 0.6 is 15.9 Å². The third-order valence-electron chi connectivity index (χ3n) is 1.12. The number of carbonyl (C=O) groups excluding carboxylic acids is 1. The van der Waals surface area contributed by atoms with E-state index >= 15 is 0 Å². The Hall–Kier alpha value is -0.368. The van der Waals surface area contributed by atoms with Crippen LogP contribution in [0.15, 0.2) is 28.7 Å². The van der Waals surface area contributed by atoms with Gasteiger partial charge in [0.2, 0.25) is 0 Å². The molecule has 0 saturated heterocycles. The van der Waals surface area contributed by atoms with Crippen LogP contribution in [-0.2, 0) is 22.6 Å². The van der Waals surface area contributed by atoms with E-state index in [9.17, 15) is 4.79 Å². The summed E-state index contributed by atoms with van der Waals surface area (Å²) in [5.41, 5.74) is 7.20. The van der Waals surface area contributed by atoms with Crippen LogP contribution in [0.3, 0.4) is 0 Å². The third kappa shape index (κ3) is 3.35. The molecule has 1 N–H and O–H groups in total. The normalized spacial score (nSPS) is 8.25. The molecule has 0 radical (unpaired) electrons. The Morgan fingerprint density at radius 2 is 1.83 bits per heavy atom. The first-order valence-electron chi connectivity index (χ1n) is 2.85. The summed E-state index contributed by atoms with van der Waals surface area (Å²) in [7, 11) is 0. The van der Waals surface area contributed by atoms with Crippen LogP contribution in [-0.4, -0.2) is 5.91 Å². The van der Waals surface area contributed by atoms with Gasteiger partial charge >= 0.3 is 22.6 Å². The van der Waals surface area contributed by atoms with Gasteiger partial charge in [-0.2, -0.15) is 0 Å². The Kier molecular flexibility index (Phi) is 5.99. The topological polar surface area (TPSA) is 57.9 Å². The van der Waals surface area contributed by atoms with E-state index in [-0.39, 0.29) is 0 Å². The Balaban J connectivity index is 0.000000561. The molecule has 0 unspecified atom stereocenters. The van der Waals surface area contributed by atoms with E-state index in [2.05, 4.69) is 15.9 Å². The first-order valence-corrected chi connectivity index (χ1v) is 4.28. The van der Waals surface area contributed by atoms with Gasteiger partial charge in [-0.15, -0.1) is 0 Å². The number of hydrogen-bond acceptors (Lipinski definition) is 2. The third-order valence-corrected chi connectivity index (χ3v) is 1.81. The fraction of sp³-hybridized carbons (Fsp3) is 0. The minimum atomic E-state index is -0.660. The average molecular weight is 321 g/mol. The summed E-state index contributed by atoms with van der Waals surface area (Å²) in [5.74, 6) is -0.660. The first-order chi connectivity index (χ1) is 5.72. The summed E-state index contributed by atoms with van der Waals surface area (Å²) < 4.78 is 8.78. The van der Waals surface area contributed by atoms with E-state index in [1.807, 2.05) is 0 Å². The molecule has 1 aromatic rings. The zero-order chi connectivity index (χ0) is 9.56. The molecular formula is C7H5BrNO2Pd-. The molecule has 1 aromatic carbocycles. The number of carbonyl (C=O) groups is 1. The molecule has 0 heterocycles. The summed E-state index contributed by atoms with van der Waals surface area (Å²) in [6.45, 7) is 0. The van der Waals surface area contributed by atoms with Gasteiger partial charge < -0.3 is 10.5 Å². The van der Waals surface area contributed by atoms with Crippen molar-refractivity contribution in [1.29, 1.82) is 0 Å². The minimum absolute atomic E-state index is 0.405. The van der Waals surface area contributed by atoms with Crippen LogP contribution in [0, 0.1) is 0 Å². The molecule has 0 aliphatic carbocycles. The second-order valence-electron chi connectivity index (χ2n) is 1.81. The standard InChI is InChI=1S/C7H6BrNO.O.Pd/c8-6-4-2-1-3-5(6)7(9)10;;/h1-4H,(H2,9,10);;/p-1. The molecule has 0 aromatic heterocycles. The van der Waals surface area contributed by atoms with E-state index in [1.54, 1.807) is 24.3 Å². The van der Waals surface area contributed by atoms with E-state index in [1.165, 1.54) is 19.2 Å². The molecule has 1 amide bonds. The van der Waals surface area contributed by atoms with Gasteiger partial charge in [-0.3, -0.25) is 0 Å². The van der Waals surface area contributed by atoms with E-state index in [0.717, 1.165) is 0 Å². The zero-order valence-electron chi connectivity index (χ0n) is 5.82. The summed E-state index contributed by atoms with van der Waals surface area (Å²) >= 11 is 4.66. The van der Waals surface area contributed by atoms with Crippen LogP contribution < -0.4 is 0 Å². The molecule has 3 nitrogen and oxygen atoms in total. The summed E-state index contributed by atoms with van der Waals surface area (Å²) in [5, 5.41) is 0. The predicted molar refractivity (Wildman–Crippen MR) is 43.5 cm³/mol. The van der Waals surface area contributed by atoms with Gasteiger partial charge in [0.25, 0.3) is 0 Å². The number of benzene rings is 1. The number of halogens is 1. The van der Waals surface area contributed by atoms with E-state index in [4.69, 9.17) is 9.20 Å². The molecule has 0 fully saturated rings. The van der Waals surface area contributed by atoms with Gasteiger partial charge in [0.15, 0.2) is 0 Å². The van der Waals surface area contributed by atoms with Gasteiger partial charge in [0.05, 0.1) is 5.91 Å². The van der Waals surface area contributed by atoms with Crippen molar-refractivity contribution in [2.75, 3.05) is 0 Å². The molecule has 0 aliphatic rings. The van der Waals surface area contributed by atoms with Crippen molar-refractivity contribution in [2.24, 2.45) is 0 Å². The van der Waals surface area contributed by atoms with Crippen molar-refractivity contribution in [3.05, 3.63) is 40.0 Å². The predicted octanol–water partition coefficient (Wildman–Crippen LogP) is 2.52. The molecule has 12 heavy (non-hydrogen) atoms. The van der Waals surface area contributed by atoms with Gasteiger partial charge in [-0.05, 0) is 6.07 Å². The molecule has 0 atom stereocenters. The van der Waals surface area contributed by atoms with Crippen LogP contribution in [0.1, 0.15) is 10.4 Å². The molecule has 0 saturated carbocycles. The number of rotatable bonds is 1. The maximum atomic E-state index is 10.5. The van der Waals surface area contributed by atoms with Crippen LogP contribution in [0.4, 0.5) is 0 Å². The van der Waals surface area contributed by atoms with Crippen molar-refractivity contribution in [3.63, 3.8) is 0 Å². The summed E-state index contributed by atoms with van der Waals surface area (Å²) in [6.07, 6.45) is 0. The Morgan fingerprint density at radius 1 is 1.33 bits per heavy atom. The van der Waals surface area contributed by atoms with E-state index in [0.29, 0.717) is 10.0 Å². The van der Waals surface area contributed by atoms with Gasteiger partial charge in [-0.25, -0.2) is 0 Å². The monoisotopic (exact) mass is 320 g/mol. The Bertz CT molecular complexity index is 280. The van der Waals surface area contributed by atoms with E-state index < -0.39 is 5.91 Å². The Labute approximate surface area is 89.2 Å². The number of hydrogen-bond donors (Lipinski definition) is 0. The van der Waals surface area contributed by atoms with Crippen LogP contribution in [0.25, 0.3) is 5.73 Å². The number of nitrogens with one attached hydrogen (secondary N) is 1. The van der Waals surface area contributed by atoms with Crippen LogP contribution in [0.2, 0.25) is 0 Å². The van der Waals surface area contributed by atoms with Crippen LogP contribution in [0.5, 0.6) is 0 Å². The summed E-state index contributed by atoms with van der Waals surface area (Å²) in [4.78, 5) is 10.5.